The molecule has 1 aromatic heterocycles. The largest absolute Gasteiger partial charge is 0.358 e. The quantitative estimate of drug-likeness (QED) is 0.750. The van der Waals surface area contributed by atoms with E-state index >= 15 is 0 Å². The highest BCUT2D eigenvalue weighted by Gasteiger charge is 1.99. The second kappa shape index (κ2) is 5.21. The molecule has 0 unspecified atom stereocenters. The van der Waals surface area contributed by atoms with Crippen LogP contribution in [0.5, 0.6) is 0 Å². The molecule has 15 heavy (non-hydrogen) atoms. The Labute approximate surface area is 90.5 Å². The fourth-order valence-electron chi connectivity index (χ4n) is 1.45. The molecule has 0 radical (unpaired) electrons. The van der Waals surface area contributed by atoms with Crippen LogP contribution in [0.3, 0.4) is 0 Å². The molecule has 2 aromatic rings. The predicted molar refractivity (Wildman–Crippen MR) is 63.7 cm³/mol. The molecule has 78 valence electrons. The molecule has 0 saturated heterocycles. The van der Waals surface area contributed by atoms with E-state index in [9.17, 15) is 0 Å². The number of aromatic nitrogens is 1. The first-order valence-corrected chi connectivity index (χ1v) is 5.35. The highest BCUT2D eigenvalue weighted by molar-refractivity contribution is 5.81. The Kier molecular flexibility index (Phi) is 3.93. The smallest absolute Gasteiger partial charge is 0.0992 e. The number of nitriles is 1. The Balaban J connectivity index is 0.000000531. The van der Waals surface area contributed by atoms with Crippen LogP contribution >= 0.6 is 0 Å². The van der Waals surface area contributed by atoms with Gasteiger partial charge in [-0.2, -0.15) is 5.26 Å². The third-order valence-corrected chi connectivity index (χ3v) is 2.19. The summed E-state index contributed by atoms with van der Waals surface area (Å²) in [5.74, 6) is 0. The maximum atomic E-state index is 8.70. The van der Waals surface area contributed by atoms with E-state index in [1.807, 2.05) is 32.0 Å². The molecule has 0 aliphatic rings. The zero-order valence-corrected chi connectivity index (χ0v) is 9.46. The fourth-order valence-corrected chi connectivity index (χ4v) is 1.45. The summed E-state index contributed by atoms with van der Waals surface area (Å²) in [5, 5.41) is 9.87. The number of hydrogen-bond acceptors (Lipinski definition) is 1. The number of aromatic amines is 1. The zero-order valence-electron chi connectivity index (χ0n) is 9.46. The van der Waals surface area contributed by atoms with Crippen LogP contribution in [0.15, 0.2) is 24.3 Å². The maximum Gasteiger partial charge on any atom is 0.0992 e. The van der Waals surface area contributed by atoms with Gasteiger partial charge in [0.15, 0.2) is 0 Å². The average molecular weight is 200 g/mol. The summed E-state index contributed by atoms with van der Waals surface area (Å²) in [6.45, 7) is 6.11. The first kappa shape index (κ1) is 11.3. The molecule has 0 saturated carbocycles. The molecule has 0 fully saturated rings. The standard InChI is InChI=1S/C11H10N2.C2H6/c1-2-10-6-9-4-3-8(7-12)5-11(9)13-10;1-2/h3-6,13H,2H2,1H3;1-2H3. The van der Waals surface area contributed by atoms with Crippen LogP contribution in [0.4, 0.5) is 0 Å². The highest BCUT2D eigenvalue weighted by atomic mass is 14.7. The molecule has 1 N–H and O–H groups in total. The van der Waals surface area contributed by atoms with Gasteiger partial charge in [-0.05, 0) is 30.0 Å². The van der Waals surface area contributed by atoms with Gasteiger partial charge in [0.2, 0.25) is 0 Å². The maximum absolute atomic E-state index is 8.70. The van der Waals surface area contributed by atoms with E-state index in [2.05, 4.69) is 24.0 Å². The van der Waals surface area contributed by atoms with Crippen molar-refractivity contribution in [2.24, 2.45) is 0 Å². The summed E-state index contributed by atoms with van der Waals surface area (Å²) in [7, 11) is 0. The second-order valence-corrected chi connectivity index (χ2v) is 3.06. The topological polar surface area (TPSA) is 39.6 Å². The van der Waals surface area contributed by atoms with Gasteiger partial charge in [0.25, 0.3) is 0 Å². The molecule has 0 aliphatic carbocycles. The van der Waals surface area contributed by atoms with E-state index in [0.29, 0.717) is 5.56 Å². The third kappa shape index (κ3) is 2.38. The molecule has 0 amide bonds. The summed E-state index contributed by atoms with van der Waals surface area (Å²) in [5.41, 5.74) is 2.97. The van der Waals surface area contributed by atoms with Crippen LogP contribution in [0.25, 0.3) is 10.9 Å². The lowest BCUT2D eigenvalue weighted by Gasteiger charge is -1.89. The average Bonchev–Trinajstić information content (AvgIpc) is 2.73. The monoisotopic (exact) mass is 200 g/mol. The zero-order chi connectivity index (χ0) is 11.3. The van der Waals surface area contributed by atoms with Gasteiger partial charge in [-0.25, -0.2) is 0 Å². The SMILES string of the molecule is CC.CCc1cc2ccc(C#N)cc2[nH]1. The molecule has 2 heteroatoms. The number of benzene rings is 1. The molecule has 1 heterocycles. The van der Waals surface area contributed by atoms with Gasteiger partial charge in [-0.1, -0.05) is 26.8 Å². The van der Waals surface area contributed by atoms with Crippen LogP contribution < -0.4 is 0 Å². The number of nitrogens with zero attached hydrogens (tertiary/aromatic N) is 1. The number of rotatable bonds is 1. The van der Waals surface area contributed by atoms with E-state index in [1.165, 1.54) is 11.1 Å². The van der Waals surface area contributed by atoms with Crippen LogP contribution in [0, 0.1) is 11.3 Å². The van der Waals surface area contributed by atoms with Crippen molar-refractivity contribution in [3.05, 3.63) is 35.5 Å². The number of fused-ring (bicyclic) bond motifs is 1. The van der Waals surface area contributed by atoms with Crippen molar-refractivity contribution in [1.29, 1.82) is 5.26 Å². The van der Waals surface area contributed by atoms with Crippen LogP contribution in [0.2, 0.25) is 0 Å². The van der Waals surface area contributed by atoms with Gasteiger partial charge >= 0.3 is 0 Å². The molecular formula is C13H16N2. The van der Waals surface area contributed by atoms with Crippen molar-refractivity contribution >= 4 is 10.9 Å². The Morgan fingerprint density at radius 1 is 1.27 bits per heavy atom. The first-order chi connectivity index (χ1) is 7.33. The summed E-state index contributed by atoms with van der Waals surface area (Å²) < 4.78 is 0. The number of nitrogens with one attached hydrogen (secondary N) is 1. The van der Waals surface area contributed by atoms with Gasteiger partial charge < -0.3 is 4.98 Å². The number of aryl methyl sites for hydroxylation is 1. The van der Waals surface area contributed by atoms with Crippen LogP contribution in [-0.2, 0) is 6.42 Å². The highest BCUT2D eigenvalue weighted by Crippen LogP contribution is 2.16. The predicted octanol–water partition coefficient (Wildman–Crippen LogP) is 3.63. The molecular weight excluding hydrogens is 184 g/mol. The van der Waals surface area contributed by atoms with E-state index < -0.39 is 0 Å². The number of H-pyrrole nitrogens is 1. The van der Waals surface area contributed by atoms with E-state index in [0.717, 1.165) is 11.9 Å². The Bertz CT molecular complexity index is 475. The molecule has 1 aromatic carbocycles. The van der Waals surface area contributed by atoms with Crippen molar-refractivity contribution < 1.29 is 0 Å². The van der Waals surface area contributed by atoms with Gasteiger partial charge in [0, 0.05) is 11.2 Å². The second-order valence-electron chi connectivity index (χ2n) is 3.06. The lowest BCUT2D eigenvalue weighted by atomic mass is 10.2. The van der Waals surface area contributed by atoms with Crippen molar-refractivity contribution in [2.75, 3.05) is 0 Å². The molecule has 0 spiro atoms. The third-order valence-electron chi connectivity index (χ3n) is 2.19. The molecule has 0 aliphatic heterocycles. The first-order valence-electron chi connectivity index (χ1n) is 5.35. The van der Waals surface area contributed by atoms with Crippen LogP contribution in [0.1, 0.15) is 32.0 Å². The minimum absolute atomic E-state index is 0.706. The molecule has 0 bridgehead atoms. The summed E-state index contributed by atoms with van der Waals surface area (Å²) in [4.78, 5) is 3.27. The van der Waals surface area contributed by atoms with E-state index in [4.69, 9.17) is 5.26 Å². The molecule has 2 rings (SSSR count). The minimum Gasteiger partial charge on any atom is -0.358 e. The summed E-state index contributed by atoms with van der Waals surface area (Å²) >= 11 is 0. The van der Waals surface area contributed by atoms with Crippen molar-refractivity contribution in [2.45, 2.75) is 27.2 Å². The van der Waals surface area contributed by atoms with Crippen molar-refractivity contribution in [3.63, 3.8) is 0 Å². The normalized spacial score (nSPS) is 9.20. The van der Waals surface area contributed by atoms with Gasteiger partial charge in [0.1, 0.15) is 0 Å². The van der Waals surface area contributed by atoms with Crippen LogP contribution in [-0.4, -0.2) is 4.98 Å². The summed E-state index contributed by atoms with van der Waals surface area (Å²) in [6.07, 6.45) is 0.997. The lowest BCUT2D eigenvalue weighted by Crippen LogP contribution is -1.76. The molecule has 0 atom stereocenters. The van der Waals surface area contributed by atoms with Crippen molar-refractivity contribution in [3.8, 4) is 6.07 Å². The van der Waals surface area contributed by atoms with Gasteiger partial charge in [-0.15, -0.1) is 0 Å². The minimum atomic E-state index is 0.706. The van der Waals surface area contributed by atoms with E-state index in [-0.39, 0.29) is 0 Å². The fraction of sp³-hybridized carbons (Fsp3) is 0.308. The van der Waals surface area contributed by atoms with E-state index in [1.54, 1.807) is 0 Å². The Morgan fingerprint density at radius 3 is 2.60 bits per heavy atom. The Hall–Kier alpha value is -1.75. The number of hydrogen-bond donors (Lipinski definition) is 1. The summed E-state index contributed by atoms with van der Waals surface area (Å²) in [6, 6.07) is 9.95. The Morgan fingerprint density at radius 2 is 2.00 bits per heavy atom. The van der Waals surface area contributed by atoms with Gasteiger partial charge in [-0.3, -0.25) is 0 Å². The molecule has 2 nitrogen and oxygen atoms in total. The lowest BCUT2D eigenvalue weighted by molar-refractivity contribution is 1.07. The van der Waals surface area contributed by atoms with Crippen molar-refractivity contribution in [1.82, 2.24) is 4.98 Å². The van der Waals surface area contributed by atoms with Gasteiger partial charge in [0.05, 0.1) is 11.6 Å².